The molecule has 7 heteroatoms. The first kappa shape index (κ1) is 19.6. The second kappa shape index (κ2) is 8.75. The zero-order valence-corrected chi connectivity index (χ0v) is 16.6. The summed E-state index contributed by atoms with van der Waals surface area (Å²) in [4.78, 5) is 24.9. The van der Waals surface area contributed by atoms with Gasteiger partial charge in [-0.05, 0) is 42.3 Å². The maximum absolute atomic E-state index is 12.5. The number of hydrogen-bond donors (Lipinski definition) is 1. The van der Waals surface area contributed by atoms with Crippen molar-refractivity contribution >= 4 is 17.2 Å². The Morgan fingerprint density at radius 2 is 1.80 bits per heavy atom. The standard InChI is InChI=1S/C23H22N4O3/c1-17(30-16-18-8-3-2-4-9-18)22(28)24-20-11-7-10-19(14-20)15-27-23(29)26-13-6-5-12-21(26)25-27/h2-14,17H,15-16H2,1H3,(H,24,28). The van der Waals surface area contributed by atoms with Crippen LogP contribution in [0.2, 0.25) is 0 Å². The summed E-state index contributed by atoms with van der Waals surface area (Å²) in [6, 6.07) is 22.5. The highest BCUT2D eigenvalue weighted by atomic mass is 16.5. The number of hydrogen-bond acceptors (Lipinski definition) is 4. The van der Waals surface area contributed by atoms with Gasteiger partial charge in [0, 0.05) is 11.9 Å². The van der Waals surface area contributed by atoms with Crippen molar-refractivity contribution in [1.82, 2.24) is 14.2 Å². The number of pyridine rings is 1. The van der Waals surface area contributed by atoms with Crippen LogP contribution in [-0.2, 0) is 22.7 Å². The molecule has 1 amide bonds. The number of amides is 1. The highest BCUT2D eigenvalue weighted by Crippen LogP contribution is 2.13. The molecule has 0 fully saturated rings. The van der Waals surface area contributed by atoms with Gasteiger partial charge in [-0.3, -0.25) is 9.20 Å². The lowest BCUT2D eigenvalue weighted by Crippen LogP contribution is -2.27. The average Bonchev–Trinajstić information content (AvgIpc) is 3.08. The number of rotatable bonds is 7. The molecule has 30 heavy (non-hydrogen) atoms. The first-order valence-corrected chi connectivity index (χ1v) is 9.70. The van der Waals surface area contributed by atoms with Crippen molar-refractivity contribution in [2.24, 2.45) is 0 Å². The summed E-state index contributed by atoms with van der Waals surface area (Å²) in [6.45, 7) is 2.40. The van der Waals surface area contributed by atoms with Gasteiger partial charge in [0.15, 0.2) is 5.65 Å². The van der Waals surface area contributed by atoms with Gasteiger partial charge in [0.1, 0.15) is 6.10 Å². The fourth-order valence-corrected chi connectivity index (χ4v) is 3.11. The predicted molar refractivity (Wildman–Crippen MR) is 114 cm³/mol. The summed E-state index contributed by atoms with van der Waals surface area (Å²) in [5.41, 5.74) is 2.90. The van der Waals surface area contributed by atoms with E-state index in [1.54, 1.807) is 31.3 Å². The third-order valence-corrected chi connectivity index (χ3v) is 4.73. The maximum atomic E-state index is 12.5. The zero-order valence-electron chi connectivity index (χ0n) is 16.6. The molecule has 152 valence electrons. The molecule has 1 unspecified atom stereocenters. The van der Waals surface area contributed by atoms with Crippen LogP contribution in [0.5, 0.6) is 0 Å². The van der Waals surface area contributed by atoms with Crippen molar-refractivity contribution in [3.8, 4) is 0 Å². The second-order valence-electron chi connectivity index (χ2n) is 7.00. The lowest BCUT2D eigenvalue weighted by Gasteiger charge is -2.14. The van der Waals surface area contributed by atoms with Crippen LogP contribution in [0.4, 0.5) is 5.69 Å². The molecule has 2 heterocycles. The molecule has 0 saturated carbocycles. The summed E-state index contributed by atoms with van der Waals surface area (Å²) in [5.74, 6) is -0.229. The monoisotopic (exact) mass is 402 g/mol. The topological polar surface area (TPSA) is 77.6 Å². The molecule has 0 bridgehead atoms. The lowest BCUT2D eigenvalue weighted by atomic mass is 10.2. The van der Waals surface area contributed by atoms with E-state index >= 15 is 0 Å². The number of nitrogens with one attached hydrogen (secondary N) is 1. The normalized spacial score (nSPS) is 12.0. The van der Waals surface area contributed by atoms with Crippen LogP contribution in [0.3, 0.4) is 0 Å². The van der Waals surface area contributed by atoms with Gasteiger partial charge >= 0.3 is 5.69 Å². The first-order valence-electron chi connectivity index (χ1n) is 9.70. The summed E-state index contributed by atoms with van der Waals surface area (Å²) in [6.07, 6.45) is 1.09. The van der Waals surface area contributed by atoms with Gasteiger partial charge in [-0.2, -0.15) is 0 Å². The van der Waals surface area contributed by atoms with Crippen molar-refractivity contribution in [2.75, 3.05) is 5.32 Å². The van der Waals surface area contributed by atoms with Gasteiger partial charge in [0.2, 0.25) is 0 Å². The Labute approximate surface area is 173 Å². The minimum atomic E-state index is -0.602. The molecule has 0 aliphatic carbocycles. The minimum Gasteiger partial charge on any atom is -0.364 e. The predicted octanol–water partition coefficient (Wildman–Crippen LogP) is 3.09. The molecule has 4 rings (SSSR count). The van der Waals surface area contributed by atoms with Crippen LogP contribution in [-0.4, -0.2) is 26.2 Å². The average molecular weight is 402 g/mol. The van der Waals surface area contributed by atoms with E-state index in [9.17, 15) is 9.59 Å². The Morgan fingerprint density at radius 1 is 1.03 bits per heavy atom. The molecule has 0 spiro atoms. The van der Waals surface area contributed by atoms with E-state index in [0.29, 0.717) is 24.5 Å². The van der Waals surface area contributed by atoms with Crippen LogP contribution < -0.4 is 11.0 Å². The van der Waals surface area contributed by atoms with Crippen LogP contribution in [0.25, 0.3) is 5.65 Å². The van der Waals surface area contributed by atoms with Crippen molar-refractivity contribution < 1.29 is 9.53 Å². The minimum absolute atomic E-state index is 0.206. The number of benzene rings is 2. The molecule has 0 radical (unpaired) electrons. The van der Waals surface area contributed by atoms with Crippen LogP contribution in [0.15, 0.2) is 83.8 Å². The second-order valence-corrected chi connectivity index (χ2v) is 7.00. The molecule has 7 nitrogen and oxygen atoms in total. The number of aromatic nitrogens is 3. The smallest absolute Gasteiger partial charge is 0.350 e. The molecule has 1 N–H and O–H groups in total. The van der Waals surface area contributed by atoms with Crippen molar-refractivity contribution in [3.63, 3.8) is 0 Å². The number of fused-ring (bicyclic) bond motifs is 1. The number of nitrogens with zero attached hydrogens (tertiary/aromatic N) is 3. The van der Waals surface area contributed by atoms with Gasteiger partial charge in [-0.25, -0.2) is 9.48 Å². The zero-order chi connectivity index (χ0) is 20.9. The molecule has 2 aromatic heterocycles. The van der Waals surface area contributed by atoms with E-state index in [-0.39, 0.29) is 11.6 Å². The Balaban J connectivity index is 1.40. The number of ether oxygens (including phenoxy) is 1. The largest absolute Gasteiger partial charge is 0.364 e. The Bertz CT molecular complexity index is 1210. The first-order chi connectivity index (χ1) is 14.6. The molecule has 2 aromatic carbocycles. The van der Waals surface area contributed by atoms with Crippen LogP contribution >= 0.6 is 0 Å². The Morgan fingerprint density at radius 3 is 2.60 bits per heavy atom. The highest BCUT2D eigenvalue weighted by molar-refractivity contribution is 5.93. The van der Waals surface area contributed by atoms with E-state index < -0.39 is 6.10 Å². The van der Waals surface area contributed by atoms with Gasteiger partial charge in [0.25, 0.3) is 5.91 Å². The van der Waals surface area contributed by atoms with E-state index in [1.807, 2.05) is 54.6 Å². The Hall–Kier alpha value is -3.71. The lowest BCUT2D eigenvalue weighted by molar-refractivity contribution is -0.127. The van der Waals surface area contributed by atoms with Gasteiger partial charge in [-0.15, -0.1) is 5.10 Å². The summed E-state index contributed by atoms with van der Waals surface area (Å²) >= 11 is 0. The van der Waals surface area contributed by atoms with Crippen molar-refractivity contribution in [3.05, 3.63) is 101 Å². The fraction of sp³-hybridized carbons (Fsp3) is 0.174. The molecular formula is C23H22N4O3. The molecule has 4 aromatic rings. The summed E-state index contributed by atoms with van der Waals surface area (Å²) in [7, 11) is 0. The van der Waals surface area contributed by atoms with E-state index in [2.05, 4.69) is 10.4 Å². The fourth-order valence-electron chi connectivity index (χ4n) is 3.11. The SMILES string of the molecule is CC(OCc1ccccc1)C(=O)Nc1cccc(Cn2nc3ccccn3c2=O)c1. The number of anilines is 1. The summed E-state index contributed by atoms with van der Waals surface area (Å²) < 4.78 is 8.57. The summed E-state index contributed by atoms with van der Waals surface area (Å²) in [5, 5.41) is 7.21. The molecular weight excluding hydrogens is 380 g/mol. The van der Waals surface area contributed by atoms with Gasteiger partial charge in [0.05, 0.1) is 13.2 Å². The van der Waals surface area contributed by atoms with E-state index in [0.717, 1.165) is 11.1 Å². The highest BCUT2D eigenvalue weighted by Gasteiger charge is 2.14. The van der Waals surface area contributed by atoms with E-state index in [1.165, 1.54) is 9.08 Å². The third-order valence-electron chi connectivity index (χ3n) is 4.73. The molecule has 0 aliphatic heterocycles. The Kier molecular flexibility index (Phi) is 5.72. The maximum Gasteiger partial charge on any atom is 0.350 e. The van der Waals surface area contributed by atoms with Crippen molar-refractivity contribution in [2.45, 2.75) is 26.2 Å². The van der Waals surface area contributed by atoms with Crippen LogP contribution in [0.1, 0.15) is 18.1 Å². The molecule has 1 atom stereocenters. The van der Waals surface area contributed by atoms with Crippen molar-refractivity contribution in [1.29, 1.82) is 0 Å². The van der Waals surface area contributed by atoms with Gasteiger partial charge in [-0.1, -0.05) is 48.5 Å². The third kappa shape index (κ3) is 4.47. The van der Waals surface area contributed by atoms with Crippen LogP contribution in [0, 0.1) is 0 Å². The van der Waals surface area contributed by atoms with Gasteiger partial charge < -0.3 is 10.1 Å². The number of carbonyl (C=O) groups is 1. The quantitative estimate of drug-likeness (QED) is 0.515. The molecule has 0 aliphatic rings. The number of carbonyl (C=O) groups excluding carboxylic acids is 1. The molecule has 0 saturated heterocycles. The van der Waals surface area contributed by atoms with E-state index in [4.69, 9.17) is 4.74 Å².